The van der Waals surface area contributed by atoms with Gasteiger partial charge in [0, 0.05) is 17.2 Å². The summed E-state index contributed by atoms with van der Waals surface area (Å²) in [5.74, 6) is 0. The van der Waals surface area contributed by atoms with E-state index >= 15 is 0 Å². The number of nitrogens with one attached hydrogen (secondary N) is 1. The Balaban J connectivity index is 2.62. The second kappa shape index (κ2) is 2.62. The number of nitrogens with zero attached hydrogens (tertiary/aromatic N) is 1. The third-order valence-corrected chi connectivity index (χ3v) is 1.72. The molecule has 2 rings (SSSR count). The summed E-state index contributed by atoms with van der Waals surface area (Å²) in [6.07, 6.45) is 3.30. The van der Waals surface area contributed by atoms with Gasteiger partial charge in [0.05, 0.1) is 11.7 Å². The van der Waals surface area contributed by atoms with E-state index in [9.17, 15) is 0 Å². The molecule has 12 heavy (non-hydrogen) atoms. The Bertz CT molecular complexity index is 366. The quantitative estimate of drug-likeness (QED) is 0.483. The maximum absolute atomic E-state index is 8.83. The monoisotopic (exact) mass is 162 g/mol. The highest BCUT2D eigenvalue weighted by Gasteiger charge is 2.13. The van der Waals surface area contributed by atoms with Crippen LogP contribution < -0.4 is 5.59 Å². The molecule has 3 N–H and O–H groups in total. The van der Waals surface area contributed by atoms with Crippen LogP contribution in [0.4, 0.5) is 0 Å². The number of hydrogen-bond acceptors (Lipinski definition) is 3. The van der Waals surface area contributed by atoms with Gasteiger partial charge in [-0.3, -0.25) is 4.98 Å². The van der Waals surface area contributed by atoms with Gasteiger partial charge in [-0.1, -0.05) is 0 Å². The summed E-state index contributed by atoms with van der Waals surface area (Å²) < 4.78 is 0. The number of fused-ring (bicyclic) bond motifs is 1. The van der Waals surface area contributed by atoms with Gasteiger partial charge in [0.15, 0.2) is 0 Å². The van der Waals surface area contributed by atoms with Crippen molar-refractivity contribution in [3.05, 3.63) is 24.5 Å². The minimum Gasteiger partial charge on any atom is -0.422 e. The van der Waals surface area contributed by atoms with Crippen LogP contribution >= 0.6 is 0 Å². The zero-order valence-electron chi connectivity index (χ0n) is 6.23. The third kappa shape index (κ3) is 1.09. The minimum atomic E-state index is -1.45. The van der Waals surface area contributed by atoms with Crippen molar-refractivity contribution >= 4 is 23.6 Å². The molecule has 0 bridgehead atoms. The normalized spacial score (nSPS) is 10.5. The minimum absolute atomic E-state index is 0.387. The molecule has 0 unspecified atom stereocenters. The highest BCUT2D eigenvalue weighted by Crippen LogP contribution is 2.06. The zero-order chi connectivity index (χ0) is 8.55. The number of aromatic amines is 1. The van der Waals surface area contributed by atoms with Crippen molar-refractivity contribution in [2.75, 3.05) is 0 Å². The molecule has 2 heterocycles. The van der Waals surface area contributed by atoms with Crippen LogP contribution in [-0.2, 0) is 0 Å². The molecule has 0 radical (unpaired) electrons. The van der Waals surface area contributed by atoms with Gasteiger partial charge in [0.2, 0.25) is 0 Å². The van der Waals surface area contributed by atoms with Crippen molar-refractivity contribution in [3.8, 4) is 0 Å². The van der Waals surface area contributed by atoms with Crippen LogP contribution in [0, 0.1) is 0 Å². The first kappa shape index (κ1) is 7.33. The van der Waals surface area contributed by atoms with E-state index in [2.05, 4.69) is 9.97 Å². The summed E-state index contributed by atoms with van der Waals surface area (Å²) in [6, 6.07) is 3.49. The van der Waals surface area contributed by atoms with E-state index < -0.39 is 7.12 Å². The molecule has 2 aromatic rings. The molecule has 0 fully saturated rings. The van der Waals surface area contributed by atoms with Crippen LogP contribution in [0.1, 0.15) is 0 Å². The topological polar surface area (TPSA) is 69.1 Å². The van der Waals surface area contributed by atoms with Crippen LogP contribution in [0.2, 0.25) is 0 Å². The first-order valence-electron chi connectivity index (χ1n) is 3.56. The van der Waals surface area contributed by atoms with E-state index in [1.807, 2.05) is 0 Å². The molecule has 0 saturated heterocycles. The lowest BCUT2D eigenvalue weighted by Crippen LogP contribution is -2.30. The lowest BCUT2D eigenvalue weighted by molar-refractivity contribution is 0.424. The molecule has 0 saturated carbocycles. The maximum Gasteiger partial charge on any atom is 0.505 e. The molecular formula is C7H7BN2O2. The Kier molecular flexibility index (Phi) is 1.60. The van der Waals surface area contributed by atoms with Crippen LogP contribution in [-0.4, -0.2) is 27.1 Å². The molecule has 4 nitrogen and oxygen atoms in total. The van der Waals surface area contributed by atoms with Crippen LogP contribution in [0.5, 0.6) is 0 Å². The largest absolute Gasteiger partial charge is 0.505 e. The van der Waals surface area contributed by atoms with Gasteiger partial charge in [-0.25, -0.2) is 0 Å². The van der Waals surface area contributed by atoms with E-state index in [0.29, 0.717) is 5.59 Å². The molecular weight excluding hydrogens is 155 g/mol. The summed E-state index contributed by atoms with van der Waals surface area (Å²) in [5.41, 5.74) is 1.19. The molecule has 5 heteroatoms. The summed E-state index contributed by atoms with van der Waals surface area (Å²) in [4.78, 5) is 6.72. The van der Waals surface area contributed by atoms with Crippen molar-refractivity contribution in [1.29, 1.82) is 0 Å². The van der Waals surface area contributed by atoms with E-state index in [4.69, 9.17) is 10.0 Å². The molecule has 60 valence electrons. The fourth-order valence-corrected chi connectivity index (χ4v) is 1.13. The standard InChI is InChI=1S/C7H7BN2O2/c11-8(12)7-3-5-1-2-9-4-6(5)10-7/h1-4,10-12H. The predicted octanol–water partition coefficient (Wildman–Crippen LogP) is -0.757. The van der Waals surface area contributed by atoms with Gasteiger partial charge in [0.1, 0.15) is 0 Å². The lowest BCUT2D eigenvalue weighted by atomic mass is 9.87. The van der Waals surface area contributed by atoms with Crippen molar-refractivity contribution < 1.29 is 10.0 Å². The predicted molar refractivity (Wildman–Crippen MR) is 45.9 cm³/mol. The van der Waals surface area contributed by atoms with Crippen molar-refractivity contribution in [3.63, 3.8) is 0 Å². The molecule has 0 atom stereocenters. The van der Waals surface area contributed by atoms with Crippen LogP contribution in [0.15, 0.2) is 24.5 Å². The average molecular weight is 162 g/mol. The summed E-state index contributed by atoms with van der Waals surface area (Å²) >= 11 is 0. The number of hydrogen-bond donors (Lipinski definition) is 3. The summed E-state index contributed by atoms with van der Waals surface area (Å²) in [5, 5.41) is 18.6. The van der Waals surface area contributed by atoms with E-state index in [-0.39, 0.29) is 0 Å². The zero-order valence-corrected chi connectivity index (χ0v) is 6.23. The first-order valence-corrected chi connectivity index (χ1v) is 3.56. The van der Waals surface area contributed by atoms with Crippen molar-refractivity contribution in [1.82, 2.24) is 9.97 Å². The van der Waals surface area contributed by atoms with Crippen LogP contribution in [0.25, 0.3) is 10.9 Å². The fourth-order valence-electron chi connectivity index (χ4n) is 1.13. The molecule has 0 amide bonds. The second-order valence-electron chi connectivity index (χ2n) is 2.56. The van der Waals surface area contributed by atoms with Crippen LogP contribution in [0.3, 0.4) is 0 Å². The summed E-state index contributed by atoms with van der Waals surface area (Å²) in [6.45, 7) is 0. The Labute approximate surface area is 69.0 Å². The van der Waals surface area contributed by atoms with Gasteiger partial charge < -0.3 is 15.0 Å². The third-order valence-electron chi connectivity index (χ3n) is 1.72. The molecule has 0 aliphatic carbocycles. The number of aromatic nitrogens is 2. The van der Waals surface area contributed by atoms with Gasteiger partial charge in [-0.05, 0) is 12.1 Å². The van der Waals surface area contributed by atoms with Crippen molar-refractivity contribution in [2.24, 2.45) is 0 Å². The molecule has 0 spiro atoms. The Morgan fingerprint density at radius 2 is 2.25 bits per heavy atom. The first-order chi connectivity index (χ1) is 5.77. The highest BCUT2D eigenvalue weighted by molar-refractivity contribution is 6.58. The van der Waals surface area contributed by atoms with E-state index in [0.717, 1.165) is 10.9 Å². The highest BCUT2D eigenvalue weighted by atomic mass is 16.4. The van der Waals surface area contributed by atoms with Gasteiger partial charge in [-0.2, -0.15) is 0 Å². The SMILES string of the molecule is OB(O)c1cc2ccncc2[nH]1. The lowest BCUT2D eigenvalue weighted by Gasteiger charge is -1.89. The smallest absolute Gasteiger partial charge is 0.422 e. The maximum atomic E-state index is 8.83. The summed E-state index contributed by atoms with van der Waals surface area (Å²) in [7, 11) is -1.45. The number of rotatable bonds is 1. The van der Waals surface area contributed by atoms with Gasteiger partial charge in [0.25, 0.3) is 0 Å². The molecule has 0 aromatic carbocycles. The Morgan fingerprint density at radius 3 is 2.92 bits per heavy atom. The van der Waals surface area contributed by atoms with Crippen molar-refractivity contribution in [2.45, 2.75) is 0 Å². The van der Waals surface area contributed by atoms with E-state index in [1.54, 1.807) is 24.5 Å². The number of H-pyrrole nitrogens is 1. The average Bonchev–Trinajstić information content (AvgIpc) is 2.46. The van der Waals surface area contributed by atoms with E-state index in [1.165, 1.54) is 0 Å². The second-order valence-corrected chi connectivity index (χ2v) is 2.56. The van der Waals surface area contributed by atoms with Gasteiger partial charge >= 0.3 is 7.12 Å². The number of pyridine rings is 1. The Hall–Kier alpha value is -1.33. The fraction of sp³-hybridized carbons (Fsp3) is 0. The molecule has 2 aromatic heterocycles. The molecule has 0 aliphatic heterocycles. The molecule has 0 aliphatic rings. The van der Waals surface area contributed by atoms with Gasteiger partial charge in [-0.15, -0.1) is 0 Å². The Morgan fingerprint density at radius 1 is 1.42 bits per heavy atom.